The minimum Gasteiger partial charge on any atom is -0.345 e. The van der Waals surface area contributed by atoms with Crippen LogP contribution in [-0.4, -0.2) is 15.7 Å². The maximum Gasteiger partial charge on any atom is 0.137 e. The topological polar surface area (TPSA) is 41.0 Å². The second kappa shape index (κ2) is 4.79. The Balaban J connectivity index is 1.76. The van der Waals surface area contributed by atoms with Crippen LogP contribution >= 0.6 is 0 Å². The van der Waals surface area contributed by atoms with Crippen molar-refractivity contribution in [2.45, 2.75) is 37.5 Å². The highest BCUT2D eigenvalue weighted by atomic mass is 14.9. The molecule has 1 saturated carbocycles. The van der Waals surface area contributed by atoms with Crippen LogP contribution in [0.3, 0.4) is 0 Å². The van der Waals surface area contributed by atoms with Crippen molar-refractivity contribution in [2.75, 3.05) is 0 Å². The number of benzene rings is 1. The van der Waals surface area contributed by atoms with Crippen LogP contribution in [0.15, 0.2) is 53.8 Å². The molecule has 0 saturated heterocycles. The fourth-order valence-corrected chi connectivity index (χ4v) is 4.46. The summed E-state index contributed by atoms with van der Waals surface area (Å²) in [7, 11) is 0. The molecule has 23 heavy (non-hydrogen) atoms. The van der Waals surface area contributed by atoms with E-state index in [1.165, 1.54) is 54.3 Å². The molecule has 1 aliphatic heterocycles. The summed E-state index contributed by atoms with van der Waals surface area (Å²) in [6.07, 6.45) is 10.3. The van der Waals surface area contributed by atoms with Gasteiger partial charge in [0.05, 0.1) is 11.4 Å². The first-order chi connectivity index (χ1) is 11.4. The van der Waals surface area contributed by atoms with Crippen molar-refractivity contribution >= 4 is 22.4 Å². The Bertz CT molecular complexity index is 913. The second-order valence-corrected chi connectivity index (χ2v) is 6.72. The maximum absolute atomic E-state index is 5.09. The fraction of sp³-hybridized carbons (Fsp3) is 0.300. The minimum atomic E-state index is 0.0970. The van der Waals surface area contributed by atoms with E-state index in [2.05, 4.69) is 46.5 Å². The number of hydrogen-bond donors (Lipinski definition) is 1. The number of hydrogen-bond acceptors (Lipinski definition) is 2. The molecule has 1 spiro atoms. The number of pyridine rings is 1. The Morgan fingerprint density at radius 3 is 2.74 bits per heavy atom. The van der Waals surface area contributed by atoms with E-state index in [9.17, 15) is 0 Å². The van der Waals surface area contributed by atoms with E-state index in [4.69, 9.17) is 4.99 Å². The SMILES string of the molecule is c1ccc2c(c1)N=C(c1c[nH]c3ncccc13)C21CCCCC1. The van der Waals surface area contributed by atoms with Crippen LogP contribution < -0.4 is 0 Å². The van der Waals surface area contributed by atoms with Crippen LogP contribution in [0.25, 0.3) is 11.0 Å². The third-order valence-electron chi connectivity index (χ3n) is 5.52. The third-order valence-corrected chi connectivity index (χ3v) is 5.52. The highest BCUT2D eigenvalue weighted by Gasteiger charge is 2.44. The molecule has 5 rings (SSSR count). The normalized spacial score (nSPS) is 19.0. The number of rotatable bonds is 1. The predicted molar refractivity (Wildman–Crippen MR) is 93.5 cm³/mol. The summed E-state index contributed by atoms with van der Waals surface area (Å²) in [5, 5.41) is 1.18. The standard InChI is InChI=1S/C20H19N3/c1-4-10-20(11-5-1)16-8-2-3-9-17(16)23-18(20)15-13-22-19-14(15)7-6-12-21-19/h2-3,6-9,12-13H,1,4-5,10-11H2,(H,21,22). The molecule has 3 heteroatoms. The van der Waals surface area contributed by atoms with Gasteiger partial charge in [0.15, 0.2) is 0 Å². The Hall–Kier alpha value is -2.42. The molecule has 1 aromatic carbocycles. The quantitative estimate of drug-likeness (QED) is 0.682. The van der Waals surface area contributed by atoms with Crippen molar-refractivity contribution in [1.29, 1.82) is 0 Å². The van der Waals surface area contributed by atoms with E-state index in [1.54, 1.807) is 0 Å². The van der Waals surface area contributed by atoms with Crippen molar-refractivity contribution in [1.82, 2.24) is 9.97 Å². The first-order valence-electron chi connectivity index (χ1n) is 8.50. The van der Waals surface area contributed by atoms with Gasteiger partial charge in [0, 0.05) is 28.8 Å². The molecule has 0 amide bonds. The number of aromatic nitrogens is 2. The average molecular weight is 301 g/mol. The van der Waals surface area contributed by atoms with Gasteiger partial charge in [-0.25, -0.2) is 4.98 Å². The van der Waals surface area contributed by atoms with Crippen molar-refractivity contribution in [3.05, 3.63) is 59.9 Å². The average Bonchev–Trinajstić information content (AvgIpc) is 3.16. The van der Waals surface area contributed by atoms with Gasteiger partial charge in [-0.2, -0.15) is 0 Å². The summed E-state index contributed by atoms with van der Waals surface area (Å²) in [5.41, 5.74) is 6.10. The molecule has 1 N–H and O–H groups in total. The van der Waals surface area contributed by atoms with E-state index < -0.39 is 0 Å². The van der Waals surface area contributed by atoms with Gasteiger partial charge in [-0.1, -0.05) is 37.5 Å². The zero-order valence-electron chi connectivity index (χ0n) is 13.0. The second-order valence-electron chi connectivity index (χ2n) is 6.72. The van der Waals surface area contributed by atoms with Gasteiger partial charge in [-0.3, -0.25) is 4.99 Å². The van der Waals surface area contributed by atoms with Crippen LogP contribution in [0.5, 0.6) is 0 Å². The lowest BCUT2D eigenvalue weighted by Crippen LogP contribution is -2.35. The van der Waals surface area contributed by atoms with Crippen LogP contribution in [0.4, 0.5) is 5.69 Å². The Morgan fingerprint density at radius 2 is 1.83 bits per heavy atom. The lowest BCUT2D eigenvalue weighted by atomic mass is 9.66. The summed E-state index contributed by atoms with van der Waals surface area (Å²) in [6.45, 7) is 0. The van der Waals surface area contributed by atoms with E-state index >= 15 is 0 Å². The number of nitrogens with zero attached hydrogens (tertiary/aromatic N) is 2. The molecule has 1 fully saturated rings. The van der Waals surface area contributed by atoms with Gasteiger partial charge in [0.2, 0.25) is 0 Å². The molecule has 0 bridgehead atoms. The van der Waals surface area contributed by atoms with Crippen LogP contribution in [0, 0.1) is 0 Å². The first-order valence-corrected chi connectivity index (χ1v) is 8.50. The number of fused-ring (bicyclic) bond motifs is 3. The van der Waals surface area contributed by atoms with Crippen LogP contribution in [-0.2, 0) is 5.41 Å². The number of nitrogens with one attached hydrogen (secondary N) is 1. The summed E-state index contributed by atoms with van der Waals surface area (Å²) < 4.78 is 0. The lowest BCUT2D eigenvalue weighted by molar-refractivity contribution is 0.386. The van der Waals surface area contributed by atoms with Gasteiger partial charge in [0.1, 0.15) is 5.65 Å². The zero-order valence-corrected chi connectivity index (χ0v) is 13.0. The zero-order chi connectivity index (χ0) is 15.3. The van der Waals surface area contributed by atoms with Gasteiger partial charge in [-0.15, -0.1) is 0 Å². The predicted octanol–water partition coefficient (Wildman–Crippen LogP) is 4.90. The molecule has 114 valence electrons. The summed E-state index contributed by atoms with van der Waals surface area (Å²) in [6, 6.07) is 12.9. The number of para-hydroxylation sites is 1. The molecule has 3 heterocycles. The summed E-state index contributed by atoms with van der Waals surface area (Å²) in [5.74, 6) is 0. The molecule has 3 aromatic rings. The van der Waals surface area contributed by atoms with Crippen molar-refractivity contribution in [2.24, 2.45) is 4.99 Å². The van der Waals surface area contributed by atoms with Crippen molar-refractivity contribution in [3.8, 4) is 0 Å². The first kappa shape index (κ1) is 13.1. The van der Waals surface area contributed by atoms with E-state index in [-0.39, 0.29) is 5.41 Å². The van der Waals surface area contributed by atoms with Gasteiger partial charge in [-0.05, 0) is 36.6 Å². The molecule has 3 nitrogen and oxygen atoms in total. The van der Waals surface area contributed by atoms with E-state index in [0.717, 1.165) is 11.3 Å². The van der Waals surface area contributed by atoms with Crippen molar-refractivity contribution < 1.29 is 0 Å². The molecule has 0 atom stereocenters. The minimum absolute atomic E-state index is 0.0970. The molecule has 2 aliphatic rings. The van der Waals surface area contributed by atoms with Gasteiger partial charge < -0.3 is 4.98 Å². The third kappa shape index (κ3) is 1.76. The van der Waals surface area contributed by atoms with E-state index in [0.29, 0.717) is 0 Å². The Labute approximate surface area is 135 Å². The summed E-state index contributed by atoms with van der Waals surface area (Å²) in [4.78, 5) is 12.9. The molecular weight excluding hydrogens is 282 g/mol. The number of aliphatic imine (C=N–C) groups is 1. The lowest BCUT2D eigenvalue weighted by Gasteiger charge is -2.35. The maximum atomic E-state index is 5.09. The van der Waals surface area contributed by atoms with Gasteiger partial charge in [0.25, 0.3) is 0 Å². The van der Waals surface area contributed by atoms with Crippen LogP contribution in [0.1, 0.15) is 43.2 Å². The van der Waals surface area contributed by atoms with Gasteiger partial charge >= 0.3 is 0 Å². The molecule has 0 unspecified atom stereocenters. The molecular formula is C20H19N3. The monoisotopic (exact) mass is 301 g/mol. The highest BCUT2D eigenvalue weighted by Crippen LogP contribution is 2.50. The molecule has 1 aliphatic carbocycles. The van der Waals surface area contributed by atoms with E-state index in [1.807, 2.05) is 12.3 Å². The highest BCUT2D eigenvalue weighted by molar-refractivity contribution is 6.18. The largest absolute Gasteiger partial charge is 0.345 e. The Kier molecular flexibility index (Phi) is 2.72. The van der Waals surface area contributed by atoms with Crippen molar-refractivity contribution in [3.63, 3.8) is 0 Å². The fourth-order valence-electron chi connectivity index (χ4n) is 4.46. The summed E-state index contributed by atoms with van der Waals surface area (Å²) >= 11 is 0. The molecule has 0 radical (unpaired) electrons. The number of aromatic amines is 1. The van der Waals surface area contributed by atoms with Crippen LogP contribution in [0.2, 0.25) is 0 Å². The number of H-pyrrole nitrogens is 1. The molecule has 2 aromatic heterocycles. The smallest absolute Gasteiger partial charge is 0.137 e. The Morgan fingerprint density at radius 1 is 0.957 bits per heavy atom.